The number of aliphatic hydroxyl groups is 2. The monoisotopic (exact) mass is 552 g/mol. The van der Waals surface area contributed by atoms with E-state index in [1.807, 2.05) is 19.2 Å². The second-order valence-electron chi connectivity index (χ2n) is 5.57. The van der Waals surface area contributed by atoms with Crippen LogP contribution >= 0.6 is 0 Å². The van der Waals surface area contributed by atoms with E-state index in [-0.39, 0.29) is 39.2 Å². The number of allylic oxidation sites excluding steroid dienone is 2. The van der Waals surface area contributed by atoms with Gasteiger partial charge < -0.3 is 25.3 Å². The molecule has 7 heteroatoms. The van der Waals surface area contributed by atoms with Crippen molar-refractivity contribution in [1.29, 1.82) is 0 Å². The van der Waals surface area contributed by atoms with Gasteiger partial charge in [0.15, 0.2) is 5.78 Å². The van der Waals surface area contributed by atoms with Gasteiger partial charge in [0.1, 0.15) is 0 Å². The van der Waals surface area contributed by atoms with Crippen molar-refractivity contribution in [2.75, 3.05) is 14.2 Å². The molecule has 0 atom stereocenters. The van der Waals surface area contributed by atoms with Gasteiger partial charge in [-0.15, -0.1) is 17.7 Å². The number of nitrogens with zero attached hydrogens (tertiary/aromatic N) is 1. The fourth-order valence-electron chi connectivity index (χ4n) is 2.22. The van der Waals surface area contributed by atoms with Crippen LogP contribution in [0.15, 0.2) is 42.3 Å². The number of rotatable bonds is 6. The van der Waals surface area contributed by atoms with Crippen LogP contribution in [0.5, 0.6) is 5.75 Å². The van der Waals surface area contributed by atoms with Crippen molar-refractivity contribution >= 4 is 5.78 Å². The molecule has 0 fully saturated rings. The second kappa shape index (κ2) is 13.2. The van der Waals surface area contributed by atoms with Gasteiger partial charge in [0.05, 0.1) is 12.9 Å². The quantitative estimate of drug-likeness (QED) is 0.290. The van der Waals surface area contributed by atoms with Crippen molar-refractivity contribution in [1.82, 2.24) is 10.3 Å². The summed E-state index contributed by atoms with van der Waals surface area (Å²) in [5, 5.41) is 20.9. The van der Waals surface area contributed by atoms with Gasteiger partial charge in [-0.3, -0.25) is 4.79 Å². The minimum atomic E-state index is -0.125. The number of hydrogen-bond acceptors (Lipinski definition) is 6. The third-order valence-electron chi connectivity index (χ3n) is 3.28. The number of pyridine rings is 1. The summed E-state index contributed by atoms with van der Waals surface area (Å²) in [4.78, 5) is 14.4. The summed E-state index contributed by atoms with van der Waals surface area (Å²) in [6, 6.07) is 10.6. The van der Waals surface area contributed by atoms with E-state index >= 15 is 0 Å². The summed E-state index contributed by atoms with van der Waals surface area (Å²) in [5.74, 6) is 0.617. The molecular formula is C20H25N2O4Pt-. The van der Waals surface area contributed by atoms with Gasteiger partial charge in [-0.2, -0.15) is 0 Å². The molecule has 2 aromatic rings. The second-order valence-corrected chi connectivity index (χ2v) is 5.57. The molecule has 150 valence electrons. The Morgan fingerprint density at radius 3 is 2.56 bits per heavy atom. The molecule has 2 rings (SSSR count). The average molecular weight is 553 g/mol. The molecule has 0 spiro atoms. The molecule has 6 nitrogen and oxygen atoms in total. The molecule has 27 heavy (non-hydrogen) atoms. The summed E-state index contributed by atoms with van der Waals surface area (Å²) in [6.45, 7) is 3.56. The number of nitrogens with one attached hydrogen (secondary N) is 1. The van der Waals surface area contributed by atoms with Gasteiger partial charge in [0.25, 0.3) is 0 Å². The number of carbonyl (C=O) groups excluding carboxylic acids is 1. The van der Waals surface area contributed by atoms with E-state index < -0.39 is 0 Å². The van der Waals surface area contributed by atoms with Crippen molar-refractivity contribution in [2.45, 2.75) is 27.0 Å². The van der Waals surface area contributed by atoms with E-state index in [4.69, 9.17) is 9.84 Å². The van der Waals surface area contributed by atoms with Crippen LogP contribution in [0.2, 0.25) is 0 Å². The smallest absolute Gasteiger partial charge is 0.155 e. The molecule has 0 aliphatic heterocycles. The maximum absolute atomic E-state index is 10.0. The zero-order valence-electron chi connectivity index (χ0n) is 15.9. The number of aliphatic hydroxyl groups excluding tert-OH is 2. The summed E-state index contributed by atoms with van der Waals surface area (Å²) in [6.07, 6.45) is 2.93. The van der Waals surface area contributed by atoms with Crippen LogP contribution in [-0.4, -0.2) is 35.1 Å². The molecule has 0 radical (unpaired) electrons. The number of ketones is 1. The minimum Gasteiger partial charge on any atom is -0.540 e. The molecule has 1 aromatic carbocycles. The van der Waals surface area contributed by atoms with E-state index in [0.717, 1.165) is 28.9 Å². The fourth-order valence-corrected chi connectivity index (χ4v) is 2.22. The zero-order valence-corrected chi connectivity index (χ0v) is 18.1. The van der Waals surface area contributed by atoms with Crippen molar-refractivity contribution < 1.29 is 40.8 Å². The number of benzene rings is 1. The predicted molar refractivity (Wildman–Crippen MR) is 101 cm³/mol. The minimum absolute atomic E-state index is 0. The van der Waals surface area contributed by atoms with E-state index in [1.165, 1.54) is 19.9 Å². The van der Waals surface area contributed by atoms with Gasteiger partial charge in [0, 0.05) is 52.2 Å². The van der Waals surface area contributed by atoms with E-state index in [9.17, 15) is 9.90 Å². The molecule has 1 heterocycles. The molecule has 0 aliphatic rings. The Morgan fingerprint density at radius 2 is 2.07 bits per heavy atom. The SMILES string of the molecule is CC(=O)/C=C(/C)O.CNCc1ccnc(-c2[c-]cc(OC)cc2CO)c1.[Pt]. The van der Waals surface area contributed by atoms with Crippen LogP contribution in [0.3, 0.4) is 0 Å². The van der Waals surface area contributed by atoms with Crippen LogP contribution < -0.4 is 10.1 Å². The Balaban J connectivity index is 0.000000728. The number of methoxy groups -OCH3 is 1. The summed E-state index contributed by atoms with van der Waals surface area (Å²) in [7, 11) is 3.49. The summed E-state index contributed by atoms with van der Waals surface area (Å²) >= 11 is 0. The summed E-state index contributed by atoms with van der Waals surface area (Å²) < 4.78 is 5.14. The van der Waals surface area contributed by atoms with Gasteiger partial charge in [-0.05, 0) is 38.2 Å². The van der Waals surface area contributed by atoms with Crippen molar-refractivity contribution in [2.24, 2.45) is 0 Å². The maximum atomic E-state index is 10.0. The molecule has 0 aliphatic carbocycles. The standard InChI is InChI=1S/C15H17N2O2.C5H8O2.Pt/c1-16-9-11-5-6-17-15(7-11)14-4-3-13(19-2)8-12(14)10-18;1-4(6)3-5(2)7;/h3,5-8,16,18H,9-10H2,1-2H3;3,6H,1-2H3;/q-1;;/b;4-3-;. The predicted octanol–water partition coefficient (Wildman–Crippen LogP) is 2.80. The molecule has 3 N–H and O–H groups in total. The third kappa shape index (κ3) is 8.95. The summed E-state index contributed by atoms with van der Waals surface area (Å²) in [5.41, 5.74) is 3.51. The van der Waals surface area contributed by atoms with Crippen molar-refractivity contribution in [3.63, 3.8) is 0 Å². The Labute approximate surface area is 174 Å². The first-order chi connectivity index (χ1) is 12.4. The Hall–Kier alpha value is -2.01. The van der Waals surface area contributed by atoms with Crippen LogP contribution in [0.25, 0.3) is 11.3 Å². The number of hydrogen-bond donors (Lipinski definition) is 3. The van der Waals surface area contributed by atoms with Crippen LogP contribution in [0.1, 0.15) is 25.0 Å². The van der Waals surface area contributed by atoms with E-state index in [1.54, 1.807) is 25.4 Å². The largest absolute Gasteiger partial charge is 0.540 e. The Kier molecular flexibility index (Phi) is 12.2. The molecule has 0 saturated carbocycles. The molecular weight excluding hydrogens is 527 g/mol. The first-order valence-corrected chi connectivity index (χ1v) is 8.08. The van der Waals surface area contributed by atoms with Crippen LogP contribution in [0, 0.1) is 6.07 Å². The van der Waals surface area contributed by atoms with E-state index in [2.05, 4.69) is 16.4 Å². The average Bonchev–Trinajstić information content (AvgIpc) is 2.61. The zero-order chi connectivity index (χ0) is 19.5. The topological polar surface area (TPSA) is 91.7 Å². The number of carbonyl (C=O) groups is 1. The van der Waals surface area contributed by atoms with Gasteiger partial charge >= 0.3 is 0 Å². The molecule has 0 unspecified atom stereocenters. The number of aromatic nitrogens is 1. The first kappa shape index (κ1) is 25.0. The van der Waals surface area contributed by atoms with Crippen LogP contribution in [0.4, 0.5) is 0 Å². The molecule has 1 aromatic heterocycles. The maximum Gasteiger partial charge on any atom is 0.155 e. The van der Waals surface area contributed by atoms with Gasteiger partial charge in [0.2, 0.25) is 0 Å². The normalized spacial score (nSPS) is 10.3. The first-order valence-electron chi connectivity index (χ1n) is 8.08. The van der Waals surface area contributed by atoms with Gasteiger partial charge in [-0.1, -0.05) is 17.7 Å². The van der Waals surface area contributed by atoms with Gasteiger partial charge in [-0.25, -0.2) is 0 Å². The third-order valence-corrected chi connectivity index (χ3v) is 3.28. The molecule has 0 bridgehead atoms. The van der Waals surface area contributed by atoms with Crippen molar-refractivity contribution in [3.05, 3.63) is 59.5 Å². The number of ether oxygens (including phenoxy) is 1. The Morgan fingerprint density at radius 1 is 1.37 bits per heavy atom. The molecule has 0 saturated heterocycles. The van der Waals surface area contributed by atoms with Crippen LogP contribution in [-0.2, 0) is 39.0 Å². The molecule has 0 amide bonds. The Bertz CT molecular complexity index is 759. The fraction of sp³-hybridized carbons (Fsp3) is 0.300. The van der Waals surface area contributed by atoms with E-state index in [0.29, 0.717) is 5.75 Å². The van der Waals surface area contributed by atoms with Crippen molar-refractivity contribution in [3.8, 4) is 17.0 Å².